The number of aromatic nitrogens is 4. The van der Waals surface area contributed by atoms with Gasteiger partial charge in [0, 0.05) is 17.9 Å². The number of carbonyl (C=O) groups is 2. The summed E-state index contributed by atoms with van der Waals surface area (Å²) < 4.78 is 6.55. The lowest BCUT2D eigenvalue weighted by Gasteiger charge is -2.06. The molecule has 0 aliphatic heterocycles. The molecule has 0 amide bonds. The van der Waals surface area contributed by atoms with E-state index in [1.54, 1.807) is 20.8 Å². The number of aromatic amines is 2. The van der Waals surface area contributed by atoms with Crippen molar-refractivity contribution in [1.29, 1.82) is 0 Å². The minimum atomic E-state index is -0.514. The Kier molecular flexibility index (Phi) is 6.24. The van der Waals surface area contributed by atoms with Gasteiger partial charge in [-0.2, -0.15) is 0 Å². The standard InChI is InChI=1S/C16H22N4O4S/c1-5-7-20-15(23)18-19-16(20)25-8-11(21)12-9(3)17-10(4)13(12)14(22)24-6-2/h17H,5-8H2,1-4H3,(H,18,23). The molecule has 0 saturated heterocycles. The highest BCUT2D eigenvalue weighted by atomic mass is 32.2. The van der Waals surface area contributed by atoms with E-state index in [9.17, 15) is 14.4 Å². The van der Waals surface area contributed by atoms with Crippen LogP contribution in [0.4, 0.5) is 0 Å². The molecule has 2 aromatic heterocycles. The van der Waals surface area contributed by atoms with Crippen molar-refractivity contribution in [2.75, 3.05) is 12.4 Å². The molecule has 0 radical (unpaired) electrons. The van der Waals surface area contributed by atoms with Crippen LogP contribution in [0.15, 0.2) is 9.95 Å². The number of hydrogen-bond acceptors (Lipinski definition) is 6. The molecule has 0 aliphatic rings. The van der Waals surface area contributed by atoms with Crippen LogP contribution in [0.25, 0.3) is 0 Å². The molecule has 0 fully saturated rings. The minimum absolute atomic E-state index is 0.0680. The molecule has 0 unspecified atom stereocenters. The highest BCUT2D eigenvalue weighted by Crippen LogP contribution is 2.23. The maximum Gasteiger partial charge on any atom is 0.343 e. The van der Waals surface area contributed by atoms with Crippen molar-refractivity contribution in [1.82, 2.24) is 19.7 Å². The van der Waals surface area contributed by atoms with Crippen molar-refractivity contribution in [2.24, 2.45) is 0 Å². The van der Waals surface area contributed by atoms with Crippen LogP contribution in [0.1, 0.15) is 52.4 Å². The number of nitrogens with zero attached hydrogens (tertiary/aromatic N) is 2. The molecule has 0 saturated carbocycles. The number of carbonyl (C=O) groups excluding carboxylic acids is 2. The smallest absolute Gasteiger partial charge is 0.343 e. The molecule has 8 nitrogen and oxygen atoms in total. The van der Waals surface area contributed by atoms with E-state index in [2.05, 4.69) is 15.2 Å². The molecule has 0 bridgehead atoms. The summed E-state index contributed by atoms with van der Waals surface area (Å²) >= 11 is 1.17. The fourth-order valence-electron chi connectivity index (χ4n) is 2.62. The van der Waals surface area contributed by atoms with Gasteiger partial charge in [0.2, 0.25) is 0 Å². The highest BCUT2D eigenvalue weighted by Gasteiger charge is 2.25. The van der Waals surface area contributed by atoms with Gasteiger partial charge in [0.25, 0.3) is 0 Å². The van der Waals surface area contributed by atoms with E-state index >= 15 is 0 Å². The average molecular weight is 366 g/mol. The van der Waals surface area contributed by atoms with E-state index in [1.165, 1.54) is 16.3 Å². The van der Waals surface area contributed by atoms with Crippen molar-refractivity contribution in [2.45, 2.75) is 45.8 Å². The Balaban J connectivity index is 2.22. The molecule has 0 atom stereocenters. The predicted molar refractivity (Wildman–Crippen MR) is 94.4 cm³/mol. The van der Waals surface area contributed by atoms with Crippen LogP contribution in [0.2, 0.25) is 0 Å². The van der Waals surface area contributed by atoms with Crippen LogP contribution < -0.4 is 5.69 Å². The summed E-state index contributed by atoms with van der Waals surface area (Å²) in [7, 11) is 0. The van der Waals surface area contributed by atoms with Crippen LogP contribution in [-0.4, -0.2) is 43.9 Å². The summed E-state index contributed by atoms with van der Waals surface area (Å²) in [6, 6.07) is 0. The quantitative estimate of drug-likeness (QED) is 0.420. The second-order valence-electron chi connectivity index (χ2n) is 5.52. The highest BCUT2D eigenvalue weighted by molar-refractivity contribution is 7.99. The Morgan fingerprint density at radius 1 is 1.20 bits per heavy atom. The number of H-pyrrole nitrogens is 2. The summed E-state index contributed by atoms with van der Waals surface area (Å²) in [6.07, 6.45) is 0.782. The van der Waals surface area contributed by atoms with E-state index < -0.39 is 5.97 Å². The van der Waals surface area contributed by atoms with E-state index in [0.717, 1.165) is 6.42 Å². The third-order valence-corrected chi connectivity index (χ3v) is 4.61. The monoisotopic (exact) mass is 366 g/mol. The Morgan fingerprint density at radius 3 is 2.52 bits per heavy atom. The lowest BCUT2D eigenvalue weighted by atomic mass is 10.1. The van der Waals surface area contributed by atoms with Crippen LogP contribution in [0.3, 0.4) is 0 Å². The Bertz CT molecular complexity index is 834. The van der Waals surface area contributed by atoms with E-state index in [0.29, 0.717) is 28.7 Å². The van der Waals surface area contributed by atoms with Gasteiger partial charge in [-0.1, -0.05) is 18.7 Å². The zero-order valence-electron chi connectivity index (χ0n) is 14.8. The van der Waals surface area contributed by atoms with Crippen molar-refractivity contribution < 1.29 is 14.3 Å². The molecule has 2 heterocycles. The largest absolute Gasteiger partial charge is 0.462 e. The van der Waals surface area contributed by atoms with Crippen molar-refractivity contribution in [3.8, 4) is 0 Å². The van der Waals surface area contributed by atoms with Gasteiger partial charge in [0.05, 0.1) is 23.5 Å². The van der Waals surface area contributed by atoms with Gasteiger partial charge in [0.1, 0.15) is 0 Å². The molecule has 25 heavy (non-hydrogen) atoms. The number of ether oxygens (including phenoxy) is 1. The van der Waals surface area contributed by atoms with Gasteiger partial charge in [-0.25, -0.2) is 14.7 Å². The summed E-state index contributed by atoms with van der Waals surface area (Å²) in [5, 5.41) is 6.80. The maximum absolute atomic E-state index is 12.7. The zero-order chi connectivity index (χ0) is 18.6. The molecular weight excluding hydrogens is 344 g/mol. The number of thioether (sulfide) groups is 1. The number of ketones is 1. The van der Waals surface area contributed by atoms with Crippen LogP contribution >= 0.6 is 11.8 Å². The lowest BCUT2D eigenvalue weighted by Crippen LogP contribution is -2.18. The van der Waals surface area contributed by atoms with Crippen LogP contribution in [-0.2, 0) is 11.3 Å². The first-order chi connectivity index (χ1) is 11.9. The Morgan fingerprint density at radius 2 is 1.88 bits per heavy atom. The molecule has 2 rings (SSSR count). The lowest BCUT2D eigenvalue weighted by molar-refractivity contribution is 0.0522. The molecular formula is C16H22N4O4S. The molecule has 2 N–H and O–H groups in total. The van der Waals surface area contributed by atoms with E-state index in [4.69, 9.17) is 4.74 Å². The molecule has 0 aromatic carbocycles. The molecule has 0 aliphatic carbocycles. The van der Waals surface area contributed by atoms with E-state index in [-0.39, 0.29) is 29.4 Å². The number of nitrogens with one attached hydrogen (secondary N) is 2. The fourth-order valence-corrected chi connectivity index (χ4v) is 3.47. The van der Waals surface area contributed by atoms with Gasteiger partial charge >= 0.3 is 11.7 Å². The van der Waals surface area contributed by atoms with Gasteiger partial charge in [-0.15, -0.1) is 5.10 Å². The number of aryl methyl sites for hydroxylation is 2. The summed E-state index contributed by atoms with van der Waals surface area (Å²) in [4.78, 5) is 39.6. The van der Waals surface area contributed by atoms with Gasteiger partial charge in [-0.05, 0) is 27.2 Å². The molecule has 136 valence electrons. The summed E-state index contributed by atoms with van der Waals surface area (Å²) in [5.74, 6) is -0.660. The Hall–Kier alpha value is -2.29. The van der Waals surface area contributed by atoms with Gasteiger partial charge in [0.15, 0.2) is 10.9 Å². The number of hydrogen-bond donors (Lipinski definition) is 2. The maximum atomic E-state index is 12.7. The van der Waals surface area contributed by atoms with E-state index in [1.807, 2.05) is 6.92 Å². The first-order valence-electron chi connectivity index (χ1n) is 8.08. The fraction of sp³-hybridized carbons (Fsp3) is 0.500. The second kappa shape index (κ2) is 8.19. The third-order valence-electron chi connectivity index (χ3n) is 3.64. The average Bonchev–Trinajstić information content (AvgIpc) is 3.05. The number of rotatable bonds is 8. The number of Topliss-reactive ketones (excluding diaryl/α,β-unsaturated/α-hetero) is 1. The van der Waals surface area contributed by atoms with Gasteiger partial charge in [-0.3, -0.25) is 9.36 Å². The molecule has 9 heteroatoms. The Labute approximate surface area is 149 Å². The van der Waals surface area contributed by atoms with Crippen molar-refractivity contribution >= 4 is 23.5 Å². The summed E-state index contributed by atoms with van der Waals surface area (Å²) in [6.45, 7) is 7.92. The normalized spacial score (nSPS) is 10.9. The summed E-state index contributed by atoms with van der Waals surface area (Å²) in [5.41, 5.74) is 1.55. The number of esters is 1. The van der Waals surface area contributed by atoms with Crippen LogP contribution in [0, 0.1) is 13.8 Å². The topological polar surface area (TPSA) is 110 Å². The third kappa shape index (κ3) is 4.04. The molecule has 2 aromatic rings. The predicted octanol–water partition coefficient (Wildman–Crippen LogP) is 2.08. The molecule has 0 spiro atoms. The first kappa shape index (κ1) is 19.0. The minimum Gasteiger partial charge on any atom is -0.462 e. The zero-order valence-corrected chi connectivity index (χ0v) is 15.6. The van der Waals surface area contributed by atoms with Gasteiger partial charge < -0.3 is 9.72 Å². The van der Waals surface area contributed by atoms with Crippen molar-refractivity contribution in [3.63, 3.8) is 0 Å². The first-order valence-corrected chi connectivity index (χ1v) is 9.06. The van der Waals surface area contributed by atoms with Crippen molar-refractivity contribution in [3.05, 3.63) is 33.0 Å². The second-order valence-corrected chi connectivity index (χ2v) is 6.46. The SMILES string of the molecule is CCCn1c(SCC(=O)c2c(C)[nH]c(C)c2C(=O)OCC)n[nH]c1=O. The van der Waals surface area contributed by atoms with Crippen LogP contribution in [0.5, 0.6) is 0 Å².